The summed E-state index contributed by atoms with van der Waals surface area (Å²) in [4.78, 5) is 36.4. The van der Waals surface area contributed by atoms with Gasteiger partial charge in [-0.2, -0.15) is 46.7 Å². The Labute approximate surface area is 489 Å². The smallest absolute Gasteiger partial charge is 0.303 e. The predicted octanol–water partition coefficient (Wildman–Crippen LogP) is 7.82. The maximum absolute atomic E-state index is 13.4. The number of amides is 2. The van der Waals surface area contributed by atoms with E-state index in [4.69, 9.17) is 5.11 Å². The van der Waals surface area contributed by atoms with Gasteiger partial charge >= 0.3 is 5.97 Å². The summed E-state index contributed by atoms with van der Waals surface area (Å²) < 4.78 is 179. The Morgan fingerprint density at radius 1 is 0.631 bits per heavy atom. The summed E-state index contributed by atoms with van der Waals surface area (Å²) >= 11 is 0. The second kappa shape index (κ2) is 25.9. The van der Waals surface area contributed by atoms with Crippen LogP contribution in [-0.4, -0.2) is 130 Å². The molecule has 0 saturated heterocycles. The molecule has 0 spiro atoms. The number of benzene rings is 4. The predicted molar refractivity (Wildman–Crippen MR) is 314 cm³/mol. The fourth-order valence-electron chi connectivity index (χ4n) is 11.9. The molecule has 3 heterocycles. The number of rotatable bonds is 14. The SMILES string of the molecule is CC1(C)C2=[N+](CCCCCC(=O)NCC(CCCCCC(=O)O)CNC(=O)CCCCCC3(C)/C(=C/C=C/C=C2)N(CCCS(=O)(=O)O)c2ccc4c(S(=O)(=O)O)cc(S(=O)(=O)O)cc4c23)c2ccc3c(S(=O)(=O)O)cc(S(=O)(=O)O)cc3c21. The van der Waals surface area contributed by atoms with Crippen molar-refractivity contribution >= 4 is 107 Å². The van der Waals surface area contributed by atoms with E-state index >= 15 is 0 Å². The van der Waals surface area contributed by atoms with Gasteiger partial charge in [0.05, 0.1) is 21.0 Å². The van der Waals surface area contributed by atoms with Crippen molar-refractivity contribution in [3.8, 4) is 0 Å². The molecule has 84 heavy (non-hydrogen) atoms. The fraction of sp³-hybridized carbons (Fsp3) is 0.464. The summed E-state index contributed by atoms with van der Waals surface area (Å²) in [5, 5.41) is 15.1. The van der Waals surface area contributed by atoms with Gasteiger partial charge in [-0.15, -0.1) is 0 Å². The minimum atomic E-state index is -5.14. The summed E-state index contributed by atoms with van der Waals surface area (Å²) in [6.45, 7) is 6.25. The molecule has 0 radical (unpaired) electrons. The number of hydrogen-bond donors (Lipinski definition) is 8. The molecule has 28 heteroatoms. The summed E-state index contributed by atoms with van der Waals surface area (Å²) in [7, 11) is -24.8. The Morgan fingerprint density at radius 2 is 1.19 bits per heavy atom. The molecular weight excluding hydrogens is 1190 g/mol. The van der Waals surface area contributed by atoms with Gasteiger partial charge in [-0.05, 0) is 130 Å². The number of hydrogen-bond acceptors (Lipinski definition) is 14. The molecule has 0 aliphatic carbocycles. The maximum Gasteiger partial charge on any atom is 0.303 e. The standard InChI is InChI=1S/C56H70N4O19S5/c1-55(2)48-18-9-5-10-19-49-56(3,54-43-32-39(82(71,72)73)34-47(84(77,78)79)41(43)24-26-45(54)60(49)29-16-30-80(65,66)67)27-14-6-11-20-50(61)57-35-37(17-8-4-13-22-52(63)64)36-58-51(62)21-12-7-15-28-59(48)44-25-23-40-42(53(44)55)31-38(81(68,69)70)33-46(40)83(74,75)76/h5,9-10,18-19,23-26,31-34,37H,4,6-8,11-17,20-22,27-30,35-36H2,1-3H3,(H7-,57,58,61,62,63,64,65,66,67,68,69,70,71,72,73,74,75,76,77,78,79)/p+1. The fourth-order valence-corrected chi connectivity index (χ4v) is 15.1. The van der Waals surface area contributed by atoms with Gasteiger partial charge in [0.1, 0.15) is 16.3 Å². The molecule has 4 aromatic carbocycles. The number of aliphatic carboxylic acids is 1. The monoisotopic (exact) mass is 1260 g/mol. The first-order valence-electron chi connectivity index (χ1n) is 27.4. The van der Waals surface area contributed by atoms with Crippen molar-refractivity contribution in [1.29, 1.82) is 0 Å². The van der Waals surface area contributed by atoms with Gasteiger partial charge in [-0.25, -0.2) is 0 Å². The molecule has 4 aromatic rings. The number of nitrogens with zero attached hydrogens (tertiary/aromatic N) is 2. The Morgan fingerprint density at radius 3 is 1.74 bits per heavy atom. The third-order valence-electron chi connectivity index (χ3n) is 15.9. The van der Waals surface area contributed by atoms with Crippen LogP contribution in [0.15, 0.2) is 104 Å². The highest BCUT2D eigenvalue weighted by atomic mass is 32.2. The van der Waals surface area contributed by atoms with E-state index in [1.807, 2.05) is 25.3 Å². The van der Waals surface area contributed by atoms with E-state index in [1.165, 1.54) is 12.1 Å². The van der Waals surface area contributed by atoms with Crippen LogP contribution in [0.4, 0.5) is 11.4 Å². The molecular formula is C56H71N4O19S5+. The lowest BCUT2D eigenvalue weighted by atomic mass is 9.75. The molecule has 2 amide bonds. The van der Waals surface area contributed by atoms with Gasteiger partial charge in [0, 0.05) is 90.6 Å². The summed E-state index contributed by atoms with van der Waals surface area (Å²) in [5.41, 5.74) is 0.691. The van der Waals surface area contributed by atoms with Gasteiger partial charge in [-0.3, -0.25) is 37.1 Å². The lowest BCUT2D eigenvalue weighted by Gasteiger charge is -2.31. The summed E-state index contributed by atoms with van der Waals surface area (Å²) in [6.07, 6.45) is 14.2. The second-order valence-electron chi connectivity index (χ2n) is 22.3. The minimum absolute atomic E-state index is 0.0122. The van der Waals surface area contributed by atoms with E-state index < -0.39 is 92.7 Å². The third-order valence-corrected chi connectivity index (χ3v) is 20.1. The molecule has 23 nitrogen and oxygen atoms in total. The third kappa shape index (κ3) is 15.5. The molecule has 2 unspecified atom stereocenters. The van der Waals surface area contributed by atoms with Crippen LogP contribution in [0.25, 0.3) is 21.5 Å². The number of unbranched alkanes of at least 4 members (excludes halogenated alkanes) is 2. The van der Waals surface area contributed by atoms with Crippen LogP contribution in [-0.2, 0) is 75.8 Å². The van der Waals surface area contributed by atoms with E-state index in [9.17, 15) is 79.2 Å². The van der Waals surface area contributed by atoms with Crippen molar-refractivity contribution < 1.29 is 88.9 Å². The van der Waals surface area contributed by atoms with Crippen molar-refractivity contribution in [1.82, 2.24) is 10.6 Å². The van der Waals surface area contributed by atoms with Gasteiger partial charge in [0.2, 0.25) is 17.5 Å². The molecule has 3 aliphatic heterocycles. The number of carbonyl (C=O) groups excluding carboxylic acids is 2. The van der Waals surface area contributed by atoms with Crippen LogP contribution in [0.3, 0.4) is 0 Å². The zero-order chi connectivity index (χ0) is 61.8. The van der Waals surface area contributed by atoms with Crippen LogP contribution in [0.5, 0.6) is 0 Å². The summed E-state index contributed by atoms with van der Waals surface area (Å²) in [6, 6.07) is 9.54. The van der Waals surface area contributed by atoms with E-state index in [0.29, 0.717) is 117 Å². The maximum atomic E-state index is 13.4. The lowest BCUT2D eigenvalue weighted by Crippen LogP contribution is -2.36. The van der Waals surface area contributed by atoms with E-state index in [1.54, 1.807) is 47.4 Å². The molecule has 3 aliphatic rings. The van der Waals surface area contributed by atoms with Crippen LogP contribution in [0.2, 0.25) is 0 Å². The average Bonchev–Trinajstić information content (AvgIpc) is 1.53. The Balaban J connectivity index is 1.37. The first kappa shape index (κ1) is 65.6. The molecule has 2 atom stereocenters. The molecule has 0 saturated carbocycles. The van der Waals surface area contributed by atoms with Gasteiger partial charge < -0.3 is 20.6 Å². The lowest BCUT2D eigenvalue weighted by molar-refractivity contribution is -0.438. The minimum Gasteiger partial charge on any atom is -0.481 e. The molecule has 0 bridgehead atoms. The topological polar surface area (TPSA) is 374 Å². The first-order chi connectivity index (χ1) is 39.1. The highest BCUT2D eigenvalue weighted by Crippen LogP contribution is 2.54. The number of anilines is 1. The quantitative estimate of drug-likeness (QED) is 0.0339. The number of nitrogens with one attached hydrogen (secondary N) is 2. The second-order valence-corrected chi connectivity index (χ2v) is 29.5. The number of carboxylic acid groups (broad SMARTS) is 1. The van der Waals surface area contributed by atoms with Crippen LogP contribution in [0.1, 0.15) is 128 Å². The van der Waals surface area contributed by atoms with E-state index in [2.05, 4.69) is 10.6 Å². The molecule has 0 fully saturated rings. The van der Waals surface area contributed by atoms with Crippen molar-refractivity contribution in [2.45, 2.75) is 147 Å². The van der Waals surface area contributed by atoms with Crippen LogP contribution < -0.4 is 15.5 Å². The highest BCUT2D eigenvalue weighted by molar-refractivity contribution is 7.87. The number of carbonyl (C=O) groups is 3. The van der Waals surface area contributed by atoms with E-state index in [-0.39, 0.29) is 91.0 Å². The molecule has 7 rings (SSSR count). The van der Waals surface area contributed by atoms with Gasteiger partial charge in [-0.1, -0.05) is 50.0 Å². The number of allylic oxidation sites excluding steroid dienone is 6. The van der Waals surface area contributed by atoms with Crippen LogP contribution in [0, 0.1) is 5.92 Å². The number of fused-ring (bicyclic) bond motifs is 9. The average molecular weight is 1260 g/mol. The Bertz CT molecular complexity index is 3990. The Kier molecular flexibility index (Phi) is 20.3. The Hall–Kier alpha value is -5.95. The zero-order valence-corrected chi connectivity index (χ0v) is 50.7. The largest absolute Gasteiger partial charge is 0.481 e. The molecule has 8 N–H and O–H groups in total. The zero-order valence-electron chi connectivity index (χ0n) is 46.7. The van der Waals surface area contributed by atoms with Gasteiger partial charge in [0.15, 0.2) is 5.71 Å². The molecule has 0 aromatic heterocycles. The highest BCUT2D eigenvalue weighted by Gasteiger charge is 2.47. The van der Waals surface area contributed by atoms with Crippen LogP contribution >= 0.6 is 0 Å². The summed E-state index contributed by atoms with van der Waals surface area (Å²) in [5.74, 6) is -2.19. The molecule has 458 valence electrons. The van der Waals surface area contributed by atoms with Crippen molar-refractivity contribution in [2.24, 2.45) is 5.92 Å². The van der Waals surface area contributed by atoms with E-state index in [0.717, 1.165) is 12.1 Å². The number of carboxylic acids is 1. The van der Waals surface area contributed by atoms with Crippen molar-refractivity contribution in [3.05, 3.63) is 95.7 Å². The van der Waals surface area contributed by atoms with Crippen molar-refractivity contribution in [3.63, 3.8) is 0 Å². The van der Waals surface area contributed by atoms with Gasteiger partial charge in [0.25, 0.3) is 50.6 Å². The normalized spacial score (nSPS) is 21.2. The van der Waals surface area contributed by atoms with Crippen molar-refractivity contribution in [2.75, 3.05) is 36.8 Å². The first-order valence-corrected chi connectivity index (χ1v) is 34.8.